The van der Waals surface area contributed by atoms with Crippen molar-refractivity contribution in [1.82, 2.24) is 0 Å². The third kappa shape index (κ3) is 62.0. The number of phosphoric ester groups is 2. The molecule has 4 unspecified atom stereocenters. The molecule has 0 fully saturated rings. The van der Waals surface area contributed by atoms with Crippen molar-refractivity contribution in [2.24, 2.45) is 17.8 Å². The second-order valence-electron chi connectivity index (χ2n) is 26.2. The first-order valence-corrected chi connectivity index (χ1v) is 39.4. The number of hydrogen-bond donors (Lipinski definition) is 3. The first-order chi connectivity index (χ1) is 42.8. The van der Waals surface area contributed by atoms with Crippen LogP contribution in [0.3, 0.4) is 0 Å². The number of phosphoric acid groups is 2. The lowest BCUT2D eigenvalue weighted by Crippen LogP contribution is -2.30. The van der Waals surface area contributed by atoms with Crippen molar-refractivity contribution < 1.29 is 80.2 Å². The number of ether oxygens (including phenoxy) is 4. The Balaban J connectivity index is 5.27. The normalized spacial score (nSPS) is 14.8. The predicted molar refractivity (Wildman–Crippen MR) is 358 cm³/mol. The van der Waals surface area contributed by atoms with Crippen molar-refractivity contribution in [2.45, 2.75) is 369 Å². The molecule has 0 aliphatic heterocycles. The van der Waals surface area contributed by atoms with E-state index >= 15 is 0 Å². The Morgan fingerprint density at radius 2 is 0.573 bits per heavy atom. The van der Waals surface area contributed by atoms with Gasteiger partial charge in [0.15, 0.2) is 12.2 Å². The minimum atomic E-state index is -4.95. The molecule has 3 N–H and O–H groups in total. The van der Waals surface area contributed by atoms with Gasteiger partial charge in [0.2, 0.25) is 0 Å². The summed E-state index contributed by atoms with van der Waals surface area (Å²) in [4.78, 5) is 72.6. The topological polar surface area (TPSA) is 237 Å². The Morgan fingerprint density at radius 3 is 0.854 bits per heavy atom. The molecule has 0 radical (unpaired) electrons. The van der Waals surface area contributed by atoms with Crippen LogP contribution in [0.15, 0.2) is 0 Å². The fourth-order valence-electron chi connectivity index (χ4n) is 10.5. The lowest BCUT2D eigenvalue weighted by molar-refractivity contribution is -0.161. The maximum absolute atomic E-state index is 13.0. The molecule has 0 heterocycles. The van der Waals surface area contributed by atoms with E-state index in [9.17, 15) is 43.2 Å². The van der Waals surface area contributed by atoms with E-state index < -0.39 is 97.5 Å². The molecule has 0 aromatic rings. The summed E-state index contributed by atoms with van der Waals surface area (Å²) in [6, 6.07) is 0. The van der Waals surface area contributed by atoms with Crippen LogP contribution in [0.4, 0.5) is 0 Å². The zero-order valence-corrected chi connectivity index (χ0v) is 59.7. The zero-order chi connectivity index (χ0) is 65.9. The number of esters is 4. The summed E-state index contributed by atoms with van der Waals surface area (Å²) in [5.74, 6) is 0.186. The Kier molecular flexibility index (Phi) is 59.6. The van der Waals surface area contributed by atoms with Gasteiger partial charge in [-0.25, -0.2) is 9.13 Å². The van der Waals surface area contributed by atoms with Crippen LogP contribution in [0.1, 0.15) is 350 Å². The molecular formula is C70H136O17P2. The maximum Gasteiger partial charge on any atom is 0.472 e. The molecule has 19 heteroatoms. The number of aliphatic hydroxyl groups is 1. The molecule has 528 valence electrons. The average molecular weight is 1310 g/mol. The summed E-state index contributed by atoms with van der Waals surface area (Å²) in [7, 11) is -9.90. The molecule has 0 spiro atoms. The number of rotatable bonds is 68. The van der Waals surface area contributed by atoms with Crippen LogP contribution in [-0.2, 0) is 65.4 Å². The lowest BCUT2D eigenvalue weighted by Gasteiger charge is -2.21. The van der Waals surface area contributed by atoms with Crippen LogP contribution in [0.5, 0.6) is 0 Å². The smallest absolute Gasteiger partial charge is 0.462 e. The fraction of sp³-hybridized carbons (Fsp3) is 0.943. The molecule has 0 aromatic heterocycles. The summed E-state index contributed by atoms with van der Waals surface area (Å²) >= 11 is 0. The van der Waals surface area contributed by atoms with E-state index in [4.69, 9.17) is 37.0 Å². The van der Waals surface area contributed by atoms with Crippen molar-refractivity contribution in [3.63, 3.8) is 0 Å². The van der Waals surface area contributed by atoms with Crippen LogP contribution in [0.25, 0.3) is 0 Å². The van der Waals surface area contributed by atoms with E-state index in [0.717, 1.165) is 108 Å². The summed E-state index contributed by atoms with van der Waals surface area (Å²) in [6.07, 6.45) is 44.2. The Morgan fingerprint density at radius 1 is 0.326 bits per heavy atom. The monoisotopic (exact) mass is 1310 g/mol. The van der Waals surface area contributed by atoms with Crippen LogP contribution in [-0.4, -0.2) is 96.7 Å². The largest absolute Gasteiger partial charge is 0.472 e. The van der Waals surface area contributed by atoms with E-state index in [2.05, 4.69) is 48.5 Å². The van der Waals surface area contributed by atoms with Gasteiger partial charge in [0, 0.05) is 25.7 Å². The van der Waals surface area contributed by atoms with Crippen molar-refractivity contribution in [3.8, 4) is 0 Å². The van der Waals surface area contributed by atoms with Gasteiger partial charge in [0.05, 0.1) is 26.4 Å². The first-order valence-electron chi connectivity index (χ1n) is 36.4. The highest BCUT2D eigenvalue weighted by Gasteiger charge is 2.30. The lowest BCUT2D eigenvalue weighted by atomic mass is 9.99. The van der Waals surface area contributed by atoms with Gasteiger partial charge < -0.3 is 33.8 Å². The Labute approximate surface area is 543 Å². The van der Waals surface area contributed by atoms with Gasteiger partial charge in [-0.1, -0.05) is 299 Å². The van der Waals surface area contributed by atoms with Gasteiger partial charge in [-0.2, -0.15) is 0 Å². The number of carbonyl (C=O) groups excluding carboxylic acids is 4. The third-order valence-electron chi connectivity index (χ3n) is 16.9. The summed E-state index contributed by atoms with van der Waals surface area (Å²) in [6.45, 7) is 11.8. The van der Waals surface area contributed by atoms with Crippen molar-refractivity contribution in [2.75, 3.05) is 39.6 Å². The van der Waals surface area contributed by atoms with Gasteiger partial charge in [-0.3, -0.25) is 37.3 Å². The van der Waals surface area contributed by atoms with E-state index in [0.29, 0.717) is 25.7 Å². The quantitative estimate of drug-likeness (QED) is 0.0222. The van der Waals surface area contributed by atoms with Gasteiger partial charge in [0.25, 0.3) is 0 Å². The molecule has 0 bridgehead atoms. The van der Waals surface area contributed by atoms with Crippen molar-refractivity contribution in [1.29, 1.82) is 0 Å². The van der Waals surface area contributed by atoms with E-state index in [1.807, 2.05) is 0 Å². The Hall–Kier alpha value is -1.94. The highest BCUT2D eigenvalue weighted by molar-refractivity contribution is 7.47. The van der Waals surface area contributed by atoms with Crippen LogP contribution in [0.2, 0.25) is 0 Å². The average Bonchev–Trinajstić information content (AvgIpc) is 3.51. The first kappa shape index (κ1) is 87.1. The summed E-state index contributed by atoms with van der Waals surface area (Å²) in [5.41, 5.74) is 0. The minimum absolute atomic E-state index is 0.105. The van der Waals surface area contributed by atoms with Gasteiger partial charge in [-0.15, -0.1) is 0 Å². The number of aliphatic hydroxyl groups excluding tert-OH is 1. The molecule has 0 rings (SSSR count). The number of carbonyl (C=O) groups is 4. The molecule has 17 nitrogen and oxygen atoms in total. The van der Waals surface area contributed by atoms with Crippen molar-refractivity contribution >= 4 is 39.5 Å². The molecule has 0 aliphatic carbocycles. The van der Waals surface area contributed by atoms with E-state index in [1.165, 1.54) is 161 Å². The second-order valence-corrected chi connectivity index (χ2v) is 29.1. The van der Waals surface area contributed by atoms with Crippen LogP contribution in [0, 0.1) is 17.8 Å². The summed E-state index contributed by atoms with van der Waals surface area (Å²) < 4.78 is 68.3. The van der Waals surface area contributed by atoms with Gasteiger partial charge >= 0.3 is 39.5 Å². The maximum atomic E-state index is 13.0. The molecule has 0 aliphatic rings. The van der Waals surface area contributed by atoms with E-state index in [-0.39, 0.29) is 25.7 Å². The van der Waals surface area contributed by atoms with Gasteiger partial charge in [0.1, 0.15) is 19.3 Å². The fourth-order valence-corrected chi connectivity index (χ4v) is 12.1. The molecule has 7 atom stereocenters. The number of hydrogen-bond acceptors (Lipinski definition) is 15. The molecule has 0 saturated heterocycles. The van der Waals surface area contributed by atoms with Crippen molar-refractivity contribution in [3.05, 3.63) is 0 Å². The Bertz CT molecular complexity index is 1750. The molecule has 89 heavy (non-hydrogen) atoms. The molecule has 0 amide bonds. The third-order valence-corrected chi connectivity index (χ3v) is 18.8. The second kappa shape index (κ2) is 61.0. The molecular weight excluding hydrogens is 1170 g/mol. The van der Waals surface area contributed by atoms with Gasteiger partial charge in [-0.05, 0) is 43.4 Å². The van der Waals surface area contributed by atoms with E-state index in [1.54, 1.807) is 0 Å². The standard InChI is InChI=1S/C70H136O17P2/c1-8-11-12-13-14-15-17-21-30-37-44-51-67(72)80-57-66(87-70(75)54-47-40-33-26-24-29-36-43-50-63(7)10-3)60-85-89(78,79)83-56-64(71)55-82-88(76,77)84-59-65(58-81-68(73)52-45-38-31-25-23-28-35-42-49-62(6)9-2)86-69(74)53-46-39-32-22-19-16-18-20-27-34-41-48-61(4)5/h61-66,71H,8-60H2,1-7H3,(H,76,77)(H,78,79)/t62?,63?,64-,65-,66-/m1/s1. The van der Waals surface area contributed by atoms with Crippen LogP contribution < -0.4 is 0 Å². The highest BCUT2D eigenvalue weighted by Crippen LogP contribution is 2.45. The predicted octanol–water partition coefficient (Wildman–Crippen LogP) is 19.8. The van der Waals surface area contributed by atoms with Crippen LogP contribution >= 0.6 is 15.6 Å². The molecule has 0 aromatic carbocycles. The zero-order valence-electron chi connectivity index (χ0n) is 57.9. The number of unbranched alkanes of at least 4 members (excludes halogenated alkanes) is 34. The minimum Gasteiger partial charge on any atom is -0.462 e. The SMILES string of the molecule is CCCCCCCCCCCCCC(=O)OC[C@H](COP(=O)(O)OC[C@H](O)COP(=O)(O)OC[C@@H](COC(=O)CCCCCCCCCCC(C)CC)OC(=O)CCCCCCCCCCCCCC(C)C)OC(=O)CCCCCCCCCCC(C)CC. The summed E-state index contributed by atoms with van der Waals surface area (Å²) in [5, 5.41) is 10.6. The molecule has 0 saturated carbocycles. The highest BCUT2D eigenvalue weighted by atomic mass is 31.2.